The zero-order valence-corrected chi connectivity index (χ0v) is 16.5. The van der Waals surface area contributed by atoms with Crippen LogP contribution in [0.3, 0.4) is 0 Å². The fourth-order valence-corrected chi connectivity index (χ4v) is 3.74. The van der Waals surface area contributed by atoms with Crippen LogP contribution in [0.15, 0.2) is 51.8 Å². The fraction of sp³-hybridized carbons (Fsp3) is 0.105. The van der Waals surface area contributed by atoms with Gasteiger partial charge in [-0.05, 0) is 35.5 Å². The van der Waals surface area contributed by atoms with E-state index in [-0.39, 0.29) is 28.7 Å². The number of methoxy groups -OCH3 is 1. The summed E-state index contributed by atoms with van der Waals surface area (Å²) < 4.78 is 5.60. The summed E-state index contributed by atoms with van der Waals surface area (Å²) in [5.41, 5.74) is 0.996. The van der Waals surface area contributed by atoms with Crippen molar-refractivity contribution in [2.45, 2.75) is 0 Å². The molecule has 2 amide bonds. The van der Waals surface area contributed by atoms with Gasteiger partial charge in [-0.25, -0.2) is 0 Å². The highest BCUT2D eigenvalue weighted by molar-refractivity contribution is 9.10. The first-order valence-corrected chi connectivity index (χ1v) is 9.41. The lowest BCUT2D eigenvalue weighted by Gasteiger charge is -2.11. The molecule has 27 heavy (non-hydrogen) atoms. The molecule has 2 aromatic carbocycles. The van der Waals surface area contributed by atoms with Gasteiger partial charge in [-0.2, -0.15) is 0 Å². The molecule has 0 saturated carbocycles. The maximum absolute atomic E-state index is 12.6. The molecule has 1 heterocycles. The highest BCUT2D eigenvalue weighted by Gasteiger charge is 2.36. The van der Waals surface area contributed by atoms with E-state index in [0.29, 0.717) is 15.6 Å². The number of carbonyl (C=O) groups excluding carboxylic acids is 3. The third-order valence-electron chi connectivity index (χ3n) is 3.86. The zero-order chi connectivity index (χ0) is 19.6. The first-order chi connectivity index (χ1) is 12.9. The Labute approximate surface area is 167 Å². The predicted octanol–water partition coefficient (Wildman–Crippen LogP) is 4.08. The number of halogens is 1. The molecule has 1 saturated heterocycles. The molecule has 138 valence electrons. The monoisotopic (exact) mass is 447 g/mol. The third-order valence-corrected chi connectivity index (χ3v) is 5.45. The average molecular weight is 448 g/mol. The van der Waals surface area contributed by atoms with Crippen molar-refractivity contribution in [2.24, 2.45) is 0 Å². The maximum atomic E-state index is 12.6. The Morgan fingerprint density at radius 1 is 1.26 bits per heavy atom. The quantitative estimate of drug-likeness (QED) is 0.548. The minimum absolute atomic E-state index is 0.0527. The Morgan fingerprint density at radius 2 is 1.96 bits per heavy atom. The minimum Gasteiger partial charge on any atom is -0.504 e. The number of nitrogens with zero attached hydrogens (tertiary/aromatic N) is 1. The van der Waals surface area contributed by atoms with Gasteiger partial charge in [0.05, 0.1) is 18.6 Å². The number of hydrogen-bond acceptors (Lipinski definition) is 6. The van der Waals surface area contributed by atoms with Crippen LogP contribution in [0.1, 0.15) is 15.9 Å². The van der Waals surface area contributed by atoms with Gasteiger partial charge in [0.15, 0.2) is 17.3 Å². The number of phenolic OH excluding ortho intramolecular Hbond substituents is 1. The molecule has 1 aliphatic heterocycles. The van der Waals surface area contributed by atoms with Gasteiger partial charge in [-0.3, -0.25) is 19.3 Å². The van der Waals surface area contributed by atoms with Gasteiger partial charge in [-0.1, -0.05) is 46.3 Å². The van der Waals surface area contributed by atoms with E-state index >= 15 is 0 Å². The number of ketones is 1. The largest absolute Gasteiger partial charge is 0.504 e. The number of benzene rings is 2. The van der Waals surface area contributed by atoms with Gasteiger partial charge in [0, 0.05) is 10.0 Å². The Morgan fingerprint density at radius 3 is 2.63 bits per heavy atom. The van der Waals surface area contributed by atoms with Crippen LogP contribution in [0.5, 0.6) is 11.5 Å². The molecule has 0 spiro atoms. The molecule has 2 aromatic rings. The molecule has 0 radical (unpaired) electrons. The molecular weight excluding hydrogens is 434 g/mol. The molecule has 1 fully saturated rings. The lowest BCUT2D eigenvalue weighted by molar-refractivity contribution is -0.122. The number of aromatic hydroxyl groups is 1. The van der Waals surface area contributed by atoms with Crippen molar-refractivity contribution in [1.29, 1.82) is 0 Å². The van der Waals surface area contributed by atoms with Crippen LogP contribution >= 0.6 is 27.7 Å². The molecule has 3 rings (SSSR count). The summed E-state index contributed by atoms with van der Waals surface area (Å²) in [6.07, 6.45) is 1.52. The standard InChI is InChI=1S/C19H14BrNO5S/c1-26-16-7-12(13(20)9-14(16)22)8-17-18(24)21(19(25)27-17)10-15(23)11-5-3-2-4-6-11/h2-9,22H,10H2,1H3/b17-8-. The number of hydrogen-bond donors (Lipinski definition) is 1. The second kappa shape index (κ2) is 7.98. The van der Waals surface area contributed by atoms with Gasteiger partial charge in [0.2, 0.25) is 0 Å². The van der Waals surface area contributed by atoms with Crippen LogP contribution in [-0.4, -0.2) is 40.6 Å². The molecule has 0 aliphatic carbocycles. The van der Waals surface area contributed by atoms with Gasteiger partial charge in [0.25, 0.3) is 11.1 Å². The topological polar surface area (TPSA) is 83.9 Å². The van der Waals surface area contributed by atoms with E-state index in [9.17, 15) is 19.5 Å². The second-order valence-electron chi connectivity index (χ2n) is 5.60. The summed E-state index contributed by atoms with van der Waals surface area (Å²) in [4.78, 5) is 38.2. The fourth-order valence-electron chi connectivity index (χ4n) is 2.47. The second-order valence-corrected chi connectivity index (χ2v) is 7.45. The molecule has 6 nitrogen and oxygen atoms in total. The maximum Gasteiger partial charge on any atom is 0.293 e. The molecule has 0 atom stereocenters. The summed E-state index contributed by atoms with van der Waals surface area (Å²) in [6.45, 7) is -0.313. The number of rotatable bonds is 5. The Hall–Kier alpha value is -2.58. The summed E-state index contributed by atoms with van der Waals surface area (Å²) in [5.74, 6) is -0.661. The Kier molecular flexibility index (Phi) is 5.67. The number of amides is 2. The van der Waals surface area contributed by atoms with Crippen molar-refractivity contribution in [3.63, 3.8) is 0 Å². The predicted molar refractivity (Wildman–Crippen MR) is 106 cm³/mol. The molecule has 8 heteroatoms. The van der Waals surface area contributed by atoms with Crippen LogP contribution in [-0.2, 0) is 4.79 Å². The third kappa shape index (κ3) is 4.06. The van der Waals surface area contributed by atoms with Crippen molar-refractivity contribution in [3.8, 4) is 11.5 Å². The van der Waals surface area contributed by atoms with E-state index in [1.165, 1.54) is 19.3 Å². The van der Waals surface area contributed by atoms with Crippen molar-refractivity contribution < 1.29 is 24.2 Å². The van der Waals surface area contributed by atoms with Crippen molar-refractivity contribution in [2.75, 3.05) is 13.7 Å². The van der Waals surface area contributed by atoms with E-state index in [2.05, 4.69) is 15.9 Å². The van der Waals surface area contributed by atoms with E-state index in [1.807, 2.05) is 0 Å². The number of imide groups is 1. The molecule has 0 bridgehead atoms. The lowest BCUT2D eigenvalue weighted by atomic mass is 10.1. The molecule has 1 aliphatic rings. The van der Waals surface area contributed by atoms with Crippen LogP contribution in [0.4, 0.5) is 4.79 Å². The number of thioether (sulfide) groups is 1. The summed E-state index contributed by atoms with van der Waals surface area (Å²) in [7, 11) is 1.41. The van der Waals surface area contributed by atoms with Crippen molar-refractivity contribution in [3.05, 3.63) is 63.0 Å². The van der Waals surface area contributed by atoms with Crippen molar-refractivity contribution >= 4 is 50.7 Å². The normalized spacial score (nSPS) is 15.5. The number of Topliss-reactive ketones (excluding diaryl/α,β-unsaturated/α-hetero) is 1. The van der Waals surface area contributed by atoms with E-state index in [1.54, 1.807) is 36.4 Å². The average Bonchev–Trinajstić information content (AvgIpc) is 2.92. The first kappa shape index (κ1) is 19.2. The first-order valence-electron chi connectivity index (χ1n) is 7.81. The van der Waals surface area contributed by atoms with Crippen LogP contribution in [0, 0.1) is 0 Å². The Bertz CT molecular complexity index is 958. The summed E-state index contributed by atoms with van der Waals surface area (Å²) in [6, 6.07) is 11.5. The van der Waals surface area contributed by atoms with E-state index in [0.717, 1.165) is 16.7 Å². The van der Waals surface area contributed by atoms with Crippen LogP contribution in [0.2, 0.25) is 0 Å². The van der Waals surface area contributed by atoms with Gasteiger partial charge < -0.3 is 9.84 Å². The summed E-state index contributed by atoms with van der Waals surface area (Å²) >= 11 is 4.07. The van der Waals surface area contributed by atoms with Gasteiger partial charge in [0.1, 0.15) is 0 Å². The van der Waals surface area contributed by atoms with Gasteiger partial charge in [-0.15, -0.1) is 0 Å². The number of phenols is 1. The SMILES string of the molecule is COc1cc(/C=C2\SC(=O)N(CC(=O)c3ccccc3)C2=O)c(Br)cc1O. The molecule has 1 N–H and O–H groups in total. The number of ether oxygens (including phenoxy) is 1. The molecule has 0 unspecified atom stereocenters. The highest BCUT2D eigenvalue weighted by Crippen LogP contribution is 2.37. The summed E-state index contributed by atoms with van der Waals surface area (Å²) in [5, 5.41) is 9.27. The van der Waals surface area contributed by atoms with E-state index < -0.39 is 11.1 Å². The molecular formula is C19H14BrNO5S. The minimum atomic E-state index is -0.534. The van der Waals surface area contributed by atoms with Crippen LogP contribution in [0.25, 0.3) is 6.08 Å². The highest BCUT2D eigenvalue weighted by atomic mass is 79.9. The zero-order valence-electron chi connectivity index (χ0n) is 14.1. The Balaban J connectivity index is 1.84. The van der Waals surface area contributed by atoms with Crippen LogP contribution < -0.4 is 4.74 Å². The number of carbonyl (C=O) groups is 3. The van der Waals surface area contributed by atoms with Gasteiger partial charge >= 0.3 is 0 Å². The van der Waals surface area contributed by atoms with Crippen molar-refractivity contribution in [1.82, 2.24) is 4.90 Å². The lowest BCUT2D eigenvalue weighted by Crippen LogP contribution is -2.33. The smallest absolute Gasteiger partial charge is 0.293 e. The molecule has 0 aromatic heterocycles. The van der Waals surface area contributed by atoms with E-state index in [4.69, 9.17) is 4.74 Å².